The summed E-state index contributed by atoms with van der Waals surface area (Å²) in [4.78, 5) is 38.9. The fourth-order valence-electron chi connectivity index (χ4n) is 4.37. The van der Waals surface area contributed by atoms with Crippen LogP contribution >= 0.6 is 0 Å². The van der Waals surface area contributed by atoms with E-state index in [0.29, 0.717) is 0 Å². The van der Waals surface area contributed by atoms with Crippen molar-refractivity contribution in [3.8, 4) is 0 Å². The summed E-state index contributed by atoms with van der Waals surface area (Å²) in [5.74, 6) is -0.468. The van der Waals surface area contributed by atoms with Crippen LogP contribution < -0.4 is 10.6 Å². The van der Waals surface area contributed by atoms with Crippen molar-refractivity contribution in [2.24, 2.45) is 5.92 Å². The molecule has 4 amide bonds. The molecular formula is C22H31N3O3. The minimum Gasteiger partial charge on any atom is -0.348 e. The summed E-state index contributed by atoms with van der Waals surface area (Å²) in [6.07, 6.45) is 6.18. The quantitative estimate of drug-likeness (QED) is 0.738. The molecule has 6 heteroatoms. The number of rotatable bonds is 6. The number of aryl methyl sites for hydroxylation is 1. The van der Waals surface area contributed by atoms with Crippen LogP contribution in [0.15, 0.2) is 24.3 Å². The summed E-state index contributed by atoms with van der Waals surface area (Å²) < 4.78 is 0. The Hall–Kier alpha value is -2.37. The number of hydrogen-bond donors (Lipinski definition) is 2. The van der Waals surface area contributed by atoms with Crippen LogP contribution in [-0.2, 0) is 16.0 Å². The van der Waals surface area contributed by atoms with E-state index in [-0.39, 0.29) is 30.3 Å². The number of imide groups is 1. The van der Waals surface area contributed by atoms with E-state index in [1.54, 1.807) is 6.92 Å². The zero-order chi connectivity index (χ0) is 20.3. The van der Waals surface area contributed by atoms with Crippen molar-refractivity contribution in [1.82, 2.24) is 15.5 Å². The molecule has 1 aromatic rings. The van der Waals surface area contributed by atoms with Gasteiger partial charge >= 0.3 is 6.03 Å². The molecule has 1 aliphatic heterocycles. The first kappa shape index (κ1) is 20.4. The van der Waals surface area contributed by atoms with Crippen LogP contribution in [0.1, 0.15) is 70.0 Å². The molecule has 0 spiro atoms. The molecule has 28 heavy (non-hydrogen) atoms. The summed E-state index contributed by atoms with van der Waals surface area (Å²) in [7, 11) is 0. The van der Waals surface area contributed by atoms with Crippen LogP contribution in [0, 0.1) is 5.92 Å². The van der Waals surface area contributed by atoms with Gasteiger partial charge in [0.2, 0.25) is 5.91 Å². The number of carbonyl (C=O) groups excluding carboxylic acids is 3. The van der Waals surface area contributed by atoms with E-state index in [9.17, 15) is 14.4 Å². The van der Waals surface area contributed by atoms with Crippen LogP contribution in [0.5, 0.6) is 0 Å². The molecule has 1 saturated heterocycles. The highest BCUT2D eigenvalue weighted by Gasteiger charge is 2.52. The Balaban J connectivity index is 1.61. The number of nitrogens with one attached hydrogen (secondary N) is 2. The predicted molar refractivity (Wildman–Crippen MR) is 108 cm³/mol. The Labute approximate surface area is 167 Å². The molecule has 0 bridgehead atoms. The number of carbonyl (C=O) groups is 3. The molecule has 2 fully saturated rings. The lowest BCUT2D eigenvalue weighted by atomic mass is 9.75. The molecule has 2 N–H and O–H groups in total. The summed E-state index contributed by atoms with van der Waals surface area (Å²) in [5, 5.41) is 5.76. The van der Waals surface area contributed by atoms with Gasteiger partial charge in [-0.2, -0.15) is 0 Å². The van der Waals surface area contributed by atoms with Gasteiger partial charge in [0, 0.05) is 0 Å². The van der Waals surface area contributed by atoms with Crippen LogP contribution in [0.2, 0.25) is 0 Å². The van der Waals surface area contributed by atoms with Gasteiger partial charge in [-0.1, -0.05) is 50.5 Å². The van der Waals surface area contributed by atoms with Gasteiger partial charge in [-0.05, 0) is 50.2 Å². The Kier molecular flexibility index (Phi) is 6.06. The summed E-state index contributed by atoms with van der Waals surface area (Å²) in [5.41, 5.74) is 1.35. The van der Waals surface area contributed by atoms with Crippen molar-refractivity contribution < 1.29 is 14.4 Å². The van der Waals surface area contributed by atoms with E-state index < -0.39 is 11.6 Å². The molecule has 1 aliphatic carbocycles. The zero-order valence-corrected chi connectivity index (χ0v) is 17.1. The van der Waals surface area contributed by atoms with Gasteiger partial charge in [0.05, 0.1) is 6.04 Å². The lowest BCUT2D eigenvalue weighted by Crippen LogP contribution is -2.51. The molecule has 1 saturated carbocycles. The molecule has 2 aliphatic rings. The summed E-state index contributed by atoms with van der Waals surface area (Å²) in [6, 6.07) is 7.43. The lowest BCUT2D eigenvalue weighted by molar-refractivity contribution is -0.136. The van der Waals surface area contributed by atoms with Gasteiger partial charge < -0.3 is 10.6 Å². The smallest absolute Gasteiger partial charge is 0.325 e. The highest BCUT2D eigenvalue weighted by atomic mass is 16.2. The first-order chi connectivity index (χ1) is 13.3. The molecule has 152 valence electrons. The monoisotopic (exact) mass is 385 g/mol. The van der Waals surface area contributed by atoms with Gasteiger partial charge in [0.15, 0.2) is 0 Å². The molecule has 3 rings (SSSR count). The minimum atomic E-state index is -0.890. The fourth-order valence-corrected chi connectivity index (χ4v) is 4.37. The molecule has 1 aromatic carbocycles. The minimum absolute atomic E-state index is 0.141. The van der Waals surface area contributed by atoms with E-state index in [1.165, 1.54) is 12.0 Å². The van der Waals surface area contributed by atoms with Crippen molar-refractivity contribution in [2.45, 2.75) is 70.9 Å². The van der Waals surface area contributed by atoms with Crippen molar-refractivity contribution >= 4 is 17.8 Å². The molecule has 0 unspecified atom stereocenters. The van der Waals surface area contributed by atoms with E-state index >= 15 is 0 Å². The second kappa shape index (κ2) is 8.33. The Morgan fingerprint density at radius 1 is 1.21 bits per heavy atom. The molecule has 2 atom stereocenters. The molecular weight excluding hydrogens is 354 g/mol. The van der Waals surface area contributed by atoms with E-state index in [4.69, 9.17) is 0 Å². The first-order valence-electron chi connectivity index (χ1n) is 10.4. The van der Waals surface area contributed by atoms with Gasteiger partial charge in [-0.15, -0.1) is 0 Å². The maximum absolute atomic E-state index is 13.0. The maximum Gasteiger partial charge on any atom is 0.325 e. The number of hydrogen-bond acceptors (Lipinski definition) is 3. The van der Waals surface area contributed by atoms with Crippen molar-refractivity contribution in [1.29, 1.82) is 0 Å². The second-order valence-corrected chi connectivity index (χ2v) is 8.24. The highest BCUT2D eigenvalue weighted by molar-refractivity contribution is 6.09. The third-order valence-electron chi connectivity index (χ3n) is 6.29. The van der Waals surface area contributed by atoms with Crippen LogP contribution in [0.4, 0.5) is 4.79 Å². The van der Waals surface area contributed by atoms with Crippen molar-refractivity contribution in [2.75, 3.05) is 6.54 Å². The molecule has 1 heterocycles. The number of nitrogens with zero attached hydrogens (tertiary/aromatic N) is 1. The Morgan fingerprint density at radius 2 is 1.86 bits per heavy atom. The van der Waals surface area contributed by atoms with Crippen LogP contribution in [0.3, 0.4) is 0 Å². The van der Waals surface area contributed by atoms with E-state index in [0.717, 1.165) is 42.6 Å². The van der Waals surface area contributed by atoms with Crippen molar-refractivity contribution in [3.63, 3.8) is 0 Å². The first-order valence-corrected chi connectivity index (χ1v) is 10.4. The van der Waals surface area contributed by atoms with Gasteiger partial charge in [-0.3, -0.25) is 14.5 Å². The Morgan fingerprint density at radius 3 is 2.46 bits per heavy atom. The maximum atomic E-state index is 13.0. The van der Waals surface area contributed by atoms with Crippen molar-refractivity contribution in [3.05, 3.63) is 35.4 Å². The molecule has 6 nitrogen and oxygen atoms in total. The van der Waals surface area contributed by atoms with Crippen LogP contribution in [0.25, 0.3) is 0 Å². The zero-order valence-electron chi connectivity index (χ0n) is 17.1. The van der Waals surface area contributed by atoms with Crippen LogP contribution in [-0.4, -0.2) is 34.8 Å². The Bertz CT molecular complexity index is 740. The largest absolute Gasteiger partial charge is 0.348 e. The molecule has 0 radical (unpaired) electrons. The third-order valence-corrected chi connectivity index (χ3v) is 6.29. The number of urea groups is 1. The molecule has 0 aromatic heterocycles. The second-order valence-electron chi connectivity index (χ2n) is 8.24. The normalized spacial score (nSPS) is 24.2. The SMILES string of the molecule is CCc1ccc([C@H](C)NC(=O)CN2C(=O)N[C@](C)(C3CCCCC3)C2=O)cc1. The van der Waals surface area contributed by atoms with Gasteiger partial charge in [-0.25, -0.2) is 4.79 Å². The fraction of sp³-hybridized carbons (Fsp3) is 0.591. The topological polar surface area (TPSA) is 78.5 Å². The summed E-state index contributed by atoms with van der Waals surface area (Å²) >= 11 is 0. The third kappa shape index (κ3) is 4.05. The number of benzene rings is 1. The predicted octanol–water partition coefficient (Wildman–Crippen LogP) is 3.32. The van der Waals surface area contributed by atoms with Gasteiger partial charge in [0.25, 0.3) is 5.91 Å². The average Bonchev–Trinajstić information content (AvgIpc) is 2.92. The summed E-state index contributed by atoms with van der Waals surface area (Å²) in [6.45, 7) is 5.56. The number of amides is 4. The van der Waals surface area contributed by atoms with E-state index in [2.05, 4.69) is 17.6 Å². The lowest BCUT2D eigenvalue weighted by Gasteiger charge is -2.34. The van der Waals surface area contributed by atoms with Gasteiger partial charge in [0.1, 0.15) is 12.1 Å². The highest BCUT2D eigenvalue weighted by Crippen LogP contribution is 2.36. The average molecular weight is 386 g/mol. The van der Waals surface area contributed by atoms with E-state index in [1.807, 2.05) is 31.2 Å². The standard InChI is InChI=1S/C22H31N3O3/c1-4-16-10-12-17(13-11-16)15(2)23-19(26)14-25-20(27)22(3,24-21(25)28)18-8-6-5-7-9-18/h10-13,15,18H,4-9,14H2,1-3H3,(H,23,26)(H,24,28)/t15-,22+/m0/s1.